The molecule has 1 aromatic heterocycles. The summed E-state index contributed by atoms with van der Waals surface area (Å²) in [6, 6.07) is 15.8. The Labute approximate surface area is 163 Å². The van der Waals surface area contributed by atoms with Gasteiger partial charge < -0.3 is 9.30 Å². The fourth-order valence-electron chi connectivity index (χ4n) is 2.97. The third kappa shape index (κ3) is 4.46. The van der Waals surface area contributed by atoms with E-state index in [1.807, 2.05) is 55.7 Å². The van der Waals surface area contributed by atoms with Gasteiger partial charge in [-0.15, -0.1) is 0 Å². The Morgan fingerprint density at radius 2 is 1.86 bits per heavy atom. The number of halogens is 1. The number of aryl methyl sites for hydroxylation is 2. The standard InChI is InChI=1S/C22H22FN3O2/c1-15-6-4-5-7-21(15)28-14-22(27)25-24-13-18-12-16(2)26(17(18)3)20-10-8-19(23)9-11-20/h4-13H,14H2,1-3H3,(H,25,27)/b24-13+. The molecule has 5 nitrogen and oxygen atoms in total. The number of carbonyl (C=O) groups excluding carboxylic acids is 1. The molecule has 0 aliphatic heterocycles. The SMILES string of the molecule is Cc1ccccc1OCC(=O)N/N=C/c1cc(C)n(-c2ccc(F)cc2)c1C. The van der Waals surface area contributed by atoms with E-state index < -0.39 is 0 Å². The van der Waals surface area contributed by atoms with E-state index in [4.69, 9.17) is 4.74 Å². The average Bonchev–Trinajstić information content (AvgIpc) is 2.95. The molecule has 1 N–H and O–H groups in total. The van der Waals surface area contributed by atoms with Crippen LogP contribution in [0.4, 0.5) is 4.39 Å². The second kappa shape index (κ2) is 8.52. The van der Waals surface area contributed by atoms with E-state index in [9.17, 15) is 9.18 Å². The van der Waals surface area contributed by atoms with Gasteiger partial charge in [-0.1, -0.05) is 18.2 Å². The van der Waals surface area contributed by atoms with Gasteiger partial charge in [0.15, 0.2) is 6.61 Å². The van der Waals surface area contributed by atoms with Crippen LogP contribution in [0.5, 0.6) is 5.75 Å². The molecular formula is C22H22FN3O2. The minimum Gasteiger partial charge on any atom is -0.483 e. The van der Waals surface area contributed by atoms with Crippen molar-refractivity contribution in [3.8, 4) is 11.4 Å². The van der Waals surface area contributed by atoms with Crippen molar-refractivity contribution in [2.45, 2.75) is 20.8 Å². The van der Waals surface area contributed by atoms with E-state index in [1.165, 1.54) is 12.1 Å². The molecule has 1 heterocycles. The van der Waals surface area contributed by atoms with Gasteiger partial charge in [-0.05, 0) is 62.7 Å². The first-order chi connectivity index (χ1) is 13.5. The zero-order valence-electron chi connectivity index (χ0n) is 16.1. The van der Waals surface area contributed by atoms with Gasteiger partial charge in [-0.3, -0.25) is 4.79 Å². The normalized spacial score (nSPS) is 11.0. The molecule has 0 spiro atoms. The lowest BCUT2D eigenvalue weighted by Gasteiger charge is -2.09. The lowest BCUT2D eigenvalue weighted by Crippen LogP contribution is -2.24. The van der Waals surface area contributed by atoms with Gasteiger partial charge in [-0.25, -0.2) is 9.82 Å². The molecule has 3 rings (SSSR count). The highest BCUT2D eigenvalue weighted by Crippen LogP contribution is 2.20. The molecule has 0 fully saturated rings. The van der Waals surface area contributed by atoms with Crippen LogP contribution in [0.2, 0.25) is 0 Å². The summed E-state index contributed by atoms with van der Waals surface area (Å²) < 4.78 is 20.7. The molecule has 2 aromatic carbocycles. The van der Waals surface area contributed by atoms with Gasteiger partial charge in [0.1, 0.15) is 11.6 Å². The van der Waals surface area contributed by atoms with Crippen molar-refractivity contribution < 1.29 is 13.9 Å². The van der Waals surface area contributed by atoms with Crippen molar-refractivity contribution in [2.75, 3.05) is 6.61 Å². The summed E-state index contributed by atoms with van der Waals surface area (Å²) in [6.45, 7) is 5.71. The van der Waals surface area contributed by atoms with E-state index >= 15 is 0 Å². The lowest BCUT2D eigenvalue weighted by molar-refractivity contribution is -0.123. The number of carbonyl (C=O) groups is 1. The molecule has 28 heavy (non-hydrogen) atoms. The monoisotopic (exact) mass is 379 g/mol. The third-order valence-electron chi connectivity index (χ3n) is 4.40. The smallest absolute Gasteiger partial charge is 0.277 e. The number of nitrogens with one attached hydrogen (secondary N) is 1. The second-order valence-corrected chi connectivity index (χ2v) is 6.49. The lowest BCUT2D eigenvalue weighted by atomic mass is 10.2. The minimum atomic E-state index is -0.341. The molecule has 3 aromatic rings. The number of benzene rings is 2. The molecule has 0 unspecified atom stereocenters. The van der Waals surface area contributed by atoms with Crippen molar-refractivity contribution in [3.05, 3.63) is 82.9 Å². The molecule has 6 heteroatoms. The van der Waals surface area contributed by atoms with E-state index in [-0.39, 0.29) is 18.3 Å². The maximum absolute atomic E-state index is 13.2. The van der Waals surface area contributed by atoms with Crippen LogP contribution in [0.3, 0.4) is 0 Å². The Morgan fingerprint density at radius 1 is 1.14 bits per heavy atom. The Bertz CT molecular complexity index is 1010. The molecule has 0 aliphatic rings. The van der Waals surface area contributed by atoms with Crippen molar-refractivity contribution >= 4 is 12.1 Å². The summed E-state index contributed by atoms with van der Waals surface area (Å²) in [7, 11) is 0. The van der Waals surface area contributed by atoms with Crippen LogP contribution in [-0.4, -0.2) is 23.3 Å². The summed E-state index contributed by atoms with van der Waals surface area (Å²) in [4.78, 5) is 11.9. The predicted molar refractivity (Wildman–Crippen MR) is 108 cm³/mol. The molecular weight excluding hydrogens is 357 g/mol. The molecule has 144 valence electrons. The Balaban J connectivity index is 1.63. The van der Waals surface area contributed by atoms with Gasteiger partial charge in [-0.2, -0.15) is 5.10 Å². The zero-order chi connectivity index (χ0) is 20.1. The first kappa shape index (κ1) is 19.4. The van der Waals surface area contributed by atoms with Crippen molar-refractivity contribution in [2.24, 2.45) is 5.10 Å². The summed E-state index contributed by atoms with van der Waals surface area (Å²) in [6.07, 6.45) is 1.59. The van der Waals surface area contributed by atoms with Crippen LogP contribution in [-0.2, 0) is 4.79 Å². The van der Waals surface area contributed by atoms with Crippen molar-refractivity contribution in [1.82, 2.24) is 9.99 Å². The molecule has 1 amide bonds. The molecule has 0 saturated heterocycles. The molecule has 0 atom stereocenters. The van der Waals surface area contributed by atoms with Gasteiger partial charge in [0, 0.05) is 22.6 Å². The van der Waals surface area contributed by atoms with Gasteiger partial charge >= 0.3 is 0 Å². The molecule has 0 saturated carbocycles. The average molecular weight is 379 g/mol. The number of hydrogen-bond acceptors (Lipinski definition) is 3. The molecule has 0 aliphatic carbocycles. The third-order valence-corrected chi connectivity index (χ3v) is 4.40. The van der Waals surface area contributed by atoms with Crippen LogP contribution in [0.1, 0.15) is 22.5 Å². The number of hydrogen-bond donors (Lipinski definition) is 1. The molecule has 0 bridgehead atoms. The number of ether oxygens (including phenoxy) is 1. The van der Waals surface area contributed by atoms with Crippen molar-refractivity contribution in [1.29, 1.82) is 0 Å². The number of rotatable bonds is 6. The number of para-hydroxylation sites is 1. The number of aromatic nitrogens is 1. The highest BCUT2D eigenvalue weighted by atomic mass is 19.1. The summed E-state index contributed by atoms with van der Waals surface area (Å²) >= 11 is 0. The fourth-order valence-corrected chi connectivity index (χ4v) is 2.97. The van der Waals surface area contributed by atoms with Gasteiger partial charge in [0.05, 0.1) is 6.21 Å². The summed E-state index contributed by atoms with van der Waals surface area (Å²) in [5.74, 6) is 0.0555. The number of amides is 1. The second-order valence-electron chi connectivity index (χ2n) is 6.49. The van der Waals surface area contributed by atoms with E-state index in [2.05, 4.69) is 10.5 Å². The highest BCUT2D eigenvalue weighted by Gasteiger charge is 2.10. The number of nitrogens with zero attached hydrogens (tertiary/aromatic N) is 2. The van der Waals surface area contributed by atoms with E-state index in [1.54, 1.807) is 18.3 Å². The molecule has 0 radical (unpaired) electrons. The number of hydrazone groups is 1. The van der Waals surface area contributed by atoms with Crippen LogP contribution in [0.25, 0.3) is 5.69 Å². The largest absolute Gasteiger partial charge is 0.483 e. The Kier molecular flexibility index (Phi) is 5.89. The summed E-state index contributed by atoms with van der Waals surface area (Å²) in [5.41, 5.74) is 7.09. The topological polar surface area (TPSA) is 55.6 Å². The summed E-state index contributed by atoms with van der Waals surface area (Å²) in [5, 5.41) is 4.02. The quantitative estimate of drug-likeness (QED) is 0.518. The minimum absolute atomic E-state index is 0.114. The van der Waals surface area contributed by atoms with Crippen molar-refractivity contribution in [3.63, 3.8) is 0 Å². The zero-order valence-corrected chi connectivity index (χ0v) is 16.1. The maximum Gasteiger partial charge on any atom is 0.277 e. The van der Waals surface area contributed by atoms with Gasteiger partial charge in [0.2, 0.25) is 0 Å². The van der Waals surface area contributed by atoms with E-state index in [0.717, 1.165) is 28.2 Å². The van der Waals surface area contributed by atoms with Crippen LogP contribution < -0.4 is 10.2 Å². The fraction of sp³-hybridized carbons (Fsp3) is 0.182. The Morgan fingerprint density at radius 3 is 2.57 bits per heavy atom. The first-order valence-electron chi connectivity index (χ1n) is 8.91. The van der Waals surface area contributed by atoms with Gasteiger partial charge in [0.25, 0.3) is 5.91 Å². The van der Waals surface area contributed by atoms with Crippen LogP contribution >= 0.6 is 0 Å². The van der Waals surface area contributed by atoms with Crippen LogP contribution in [0, 0.1) is 26.6 Å². The van der Waals surface area contributed by atoms with Crippen LogP contribution in [0.15, 0.2) is 59.7 Å². The first-order valence-corrected chi connectivity index (χ1v) is 8.91. The predicted octanol–water partition coefficient (Wildman–Crippen LogP) is 4.07. The highest BCUT2D eigenvalue weighted by molar-refractivity contribution is 5.84. The van der Waals surface area contributed by atoms with E-state index in [0.29, 0.717) is 5.75 Å². The maximum atomic E-state index is 13.2. The Hall–Kier alpha value is -3.41.